The molecule has 0 unspecified atom stereocenters. The Morgan fingerprint density at radius 1 is 0.897 bits per heavy atom. The standard InChI is InChI=1S/C20H14N6O2S/c27-18-14-5-1-2-6-15(14)19(28)25(18)10-11-29-20-23-22-17-8-7-16(24-26(17)20)13-4-3-9-21-12-13/h1-9,12H,10-11H2. The smallest absolute Gasteiger partial charge is 0.261 e. The molecule has 8 nitrogen and oxygen atoms in total. The van der Waals surface area contributed by atoms with Crippen LogP contribution < -0.4 is 0 Å². The van der Waals surface area contributed by atoms with Crippen LogP contribution >= 0.6 is 11.8 Å². The highest BCUT2D eigenvalue weighted by Crippen LogP contribution is 2.24. The molecule has 142 valence electrons. The highest BCUT2D eigenvalue weighted by atomic mass is 32.2. The molecule has 1 aliphatic rings. The molecule has 0 bridgehead atoms. The first kappa shape index (κ1) is 17.5. The lowest BCUT2D eigenvalue weighted by Crippen LogP contribution is -2.31. The summed E-state index contributed by atoms with van der Waals surface area (Å²) < 4.78 is 1.66. The molecule has 9 heteroatoms. The molecule has 0 N–H and O–H groups in total. The molecule has 5 rings (SSSR count). The third-order valence-electron chi connectivity index (χ3n) is 4.62. The molecule has 0 spiro atoms. The summed E-state index contributed by atoms with van der Waals surface area (Å²) in [4.78, 5) is 30.3. The Labute approximate surface area is 169 Å². The Kier molecular flexibility index (Phi) is 4.28. The normalized spacial score (nSPS) is 13.3. The van der Waals surface area contributed by atoms with Crippen LogP contribution in [0.2, 0.25) is 0 Å². The minimum atomic E-state index is -0.255. The monoisotopic (exact) mass is 402 g/mol. The number of amides is 2. The van der Waals surface area contributed by atoms with Gasteiger partial charge in [-0.3, -0.25) is 19.5 Å². The average Bonchev–Trinajstić information content (AvgIpc) is 3.28. The van der Waals surface area contributed by atoms with Crippen LogP contribution in [0.1, 0.15) is 20.7 Å². The largest absolute Gasteiger partial charge is 0.273 e. The predicted molar refractivity (Wildman–Crippen MR) is 107 cm³/mol. The van der Waals surface area contributed by atoms with Gasteiger partial charge in [-0.2, -0.15) is 9.61 Å². The van der Waals surface area contributed by atoms with Gasteiger partial charge in [-0.15, -0.1) is 10.2 Å². The van der Waals surface area contributed by atoms with Gasteiger partial charge >= 0.3 is 0 Å². The highest BCUT2D eigenvalue weighted by Gasteiger charge is 2.34. The summed E-state index contributed by atoms with van der Waals surface area (Å²) >= 11 is 1.40. The molecule has 0 saturated carbocycles. The molecule has 0 aliphatic carbocycles. The topological polar surface area (TPSA) is 93.4 Å². The van der Waals surface area contributed by atoms with Crippen LogP contribution in [0.25, 0.3) is 16.9 Å². The fraction of sp³-hybridized carbons (Fsp3) is 0.100. The van der Waals surface area contributed by atoms with Crippen LogP contribution in [0.5, 0.6) is 0 Å². The van der Waals surface area contributed by atoms with E-state index >= 15 is 0 Å². The molecule has 0 atom stereocenters. The van der Waals surface area contributed by atoms with E-state index in [0.29, 0.717) is 27.7 Å². The van der Waals surface area contributed by atoms with Crippen molar-refractivity contribution in [3.8, 4) is 11.3 Å². The van der Waals surface area contributed by atoms with Crippen molar-refractivity contribution in [1.82, 2.24) is 29.7 Å². The summed E-state index contributed by atoms with van der Waals surface area (Å²) in [7, 11) is 0. The Bertz CT molecular complexity index is 1210. The summed E-state index contributed by atoms with van der Waals surface area (Å²) in [5.74, 6) is -0.0194. The van der Waals surface area contributed by atoms with Crippen LogP contribution in [0.15, 0.2) is 66.1 Å². The lowest BCUT2D eigenvalue weighted by Gasteiger charge is -2.12. The summed E-state index contributed by atoms with van der Waals surface area (Å²) in [6.45, 7) is 0.286. The molecule has 4 heterocycles. The number of nitrogens with zero attached hydrogens (tertiary/aromatic N) is 6. The molecule has 0 fully saturated rings. The van der Waals surface area contributed by atoms with Gasteiger partial charge in [0.2, 0.25) is 5.16 Å². The maximum absolute atomic E-state index is 12.5. The zero-order valence-electron chi connectivity index (χ0n) is 15.1. The number of carbonyl (C=O) groups is 2. The molecule has 2 amide bonds. The van der Waals surface area contributed by atoms with Crippen molar-refractivity contribution < 1.29 is 9.59 Å². The Hall–Kier alpha value is -3.59. The minimum Gasteiger partial charge on any atom is -0.273 e. The number of carbonyl (C=O) groups excluding carboxylic acids is 2. The minimum absolute atomic E-state index is 0.255. The average molecular weight is 402 g/mol. The van der Waals surface area contributed by atoms with E-state index in [1.54, 1.807) is 41.2 Å². The molecule has 1 aromatic carbocycles. The van der Waals surface area contributed by atoms with Crippen molar-refractivity contribution in [2.45, 2.75) is 5.16 Å². The summed E-state index contributed by atoms with van der Waals surface area (Å²) in [5, 5.41) is 13.5. The number of hydrogen-bond donors (Lipinski definition) is 0. The van der Waals surface area contributed by atoms with E-state index in [9.17, 15) is 9.59 Å². The SMILES string of the molecule is O=C1c2ccccc2C(=O)N1CCSc1nnc2ccc(-c3cccnc3)nn12. The van der Waals surface area contributed by atoms with Gasteiger partial charge in [-0.05, 0) is 36.4 Å². The van der Waals surface area contributed by atoms with Gasteiger partial charge in [0.1, 0.15) is 0 Å². The Morgan fingerprint density at radius 3 is 2.41 bits per heavy atom. The zero-order chi connectivity index (χ0) is 19.8. The van der Waals surface area contributed by atoms with Crippen LogP contribution in [0.4, 0.5) is 0 Å². The van der Waals surface area contributed by atoms with Gasteiger partial charge in [0.05, 0.1) is 16.8 Å². The van der Waals surface area contributed by atoms with Gasteiger partial charge in [0, 0.05) is 30.3 Å². The van der Waals surface area contributed by atoms with Crippen LogP contribution in [0.3, 0.4) is 0 Å². The van der Waals surface area contributed by atoms with E-state index in [-0.39, 0.29) is 18.4 Å². The number of aromatic nitrogens is 5. The van der Waals surface area contributed by atoms with Crippen molar-refractivity contribution >= 4 is 29.2 Å². The van der Waals surface area contributed by atoms with Gasteiger partial charge in [0.15, 0.2) is 5.65 Å². The molecular formula is C20H14N6O2S. The van der Waals surface area contributed by atoms with Crippen molar-refractivity contribution in [2.75, 3.05) is 12.3 Å². The number of rotatable bonds is 5. The van der Waals surface area contributed by atoms with E-state index in [0.717, 1.165) is 11.3 Å². The van der Waals surface area contributed by atoms with Crippen LogP contribution in [-0.4, -0.2) is 53.8 Å². The second-order valence-corrected chi connectivity index (χ2v) is 7.43. The molecule has 3 aromatic heterocycles. The molecule has 0 radical (unpaired) electrons. The number of hydrogen-bond acceptors (Lipinski definition) is 7. The molecule has 1 aliphatic heterocycles. The predicted octanol–water partition coefficient (Wildman–Crippen LogP) is 2.57. The van der Waals surface area contributed by atoms with Crippen molar-refractivity contribution in [1.29, 1.82) is 0 Å². The summed E-state index contributed by atoms with van der Waals surface area (Å²) in [5.41, 5.74) is 3.19. The van der Waals surface area contributed by atoms with E-state index in [1.165, 1.54) is 16.7 Å². The van der Waals surface area contributed by atoms with Gasteiger partial charge < -0.3 is 0 Å². The molecule has 4 aromatic rings. The quantitative estimate of drug-likeness (QED) is 0.374. The summed E-state index contributed by atoms with van der Waals surface area (Å²) in [6.07, 6.45) is 3.45. The van der Waals surface area contributed by atoms with E-state index < -0.39 is 0 Å². The van der Waals surface area contributed by atoms with Crippen molar-refractivity contribution in [2.24, 2.45) is 0 Å². The first-order valence-electron chi connectivity index (χ1n) is 8.93. The van der Waals surface area contributed by atoms with Crippen LogP contribution in [-0.2, 0) is 0 Å². The van der Waals surface area contributed by atoms with Gasteiger partial charge in [-0.1, -0.05) is 23.9 Å². The maximum atomic E-state index is 12.5. The maximum Gasteiger partial charge on any atom is 0.261 e. The van der Waals surface area contributed by atoms with E-state index in [1.807, 2.05) is 24.3 Å². The van der Waals surface area contributed by atoms with Crippen molar-refractivity contribution in [3.05, 3.63) is 72.1 Å². The third-order valence-corrected chi connectivity index (χ3v) is 5.52. The summed E-state index contributed by atoms with van der Waals surface area (Å²) in [6, 6.07) is 14.4. The first-order valence-corrected chi connectivity index (χ1v) is 9.92. The Morgan fingerprint density at radius 2 is 1.69 bits per heavy atom. The lowest BCUT2D eigenvalue weighted by atomic mass is 10.1. The fourth-order valence-corrected chi connectivity index (χ4v) is 4.01. The lowest BCUT2D eigenvalue weighted by molar-refractivity contribution is 0.0664. The number of thioether (sulfide) groups is 1. The van der Waals surface area contributed by atoms with Gasteiger partial charge in [-0.25, -0.2) is 0 Å². The molecule has 0 saturated heterocycles. The third kappa shape index (κ3) is 3.05. The molecule has 29 heavy (non-hydrogen) atoms. The Balaban J connectivity index is 1.33. The number of imide groups is 1. The fourth-order valence-electron chi connectivity index (χ4n) is 3.20. The number of fused-ring (bicyclic) bond motifs is 2. The second kappa shape index (κ2) is 7.10. The van der Waals surface area contributed by atoms with E-state index in [2.05, 4.69) is 20.3 Å². The van der Waals surface area contributed by atoms with Gasteiger partial charge in [0.25, 0.3) is 11.8 Å². The second-order valence-electron chi connectivity index (χ2n) is 6.37. The number of pyridine rings is 1. The zero-order valence-corrected chi connectivity index (χ0v) is 15.9. The van der Waals surface area contributed by atoms with Crippen molar-refractivity contribution in [3.63, 3.8) is 0 Å². The first-order chi connectivity index (χ1) is 14.2. The van der Waals surface area contributed by atoms with E-state index in [4.69, 9.17) is 0 Å². The van der Waals surface area contributed by atoms with Crippen LogP contribution in [0, 0.1) is 0 Å². The molecular weight excluding hydrogens is 388 g/mol. The highest BCUT2D eigenvalue weighted by molar-refractivity contribution is 7.99. The number of benzene rings is 1.